The zero-order valence-corrected chi connectivity index (χ0v) is 18.9. The molecule has 1 fully saturated rings. The molecule has 1 N–H and O–H groups in total. The molecule has 2 aliphatic rings. The normalized spacial score (nSPS) is 18.3. The van der Waals surface area contributed by atoms with Gasteiger partial charge in [-0.1, -0.05) is 35.9 Å². The number of hydrogen-bond acceptors (Lipinski definition) is 5. The van der Waals surface area contributed by atoms with E-state index in [-0.39, 0.29) is 23.4 Å². The molecule has 0 bridgehead atoms. The van der Waals surface area contributed by atoms with Crippen molar-refractivity contribution >= 4 is 33.4 Å². The summed E-state index contributed by atoms with van der Waals surface area (Å²) >= 11 is 5.94. The maximum atomic E-state index is 12.6. The fourth-order valence-corrected chi connectivity index (χ4v) is 5.39. The summed E-state index contributed by atoms with van der Waals surface area (Å²) in [5, 5.41) is 3.82. The third kappa shape index (κ3) is 5.08. The predicted molar refractivity (Wildman–Crippen MR) is 121 cm³/mol. The molecule has 31 heavy (non-hydrogen) atoms. The minimum absolute atomic E-state index is 0.0493. The summed E-state index contributed by atoms with van der Waals surface area (Å²) in [5.41, 5.74) is 1.76. The highest BCUT2D eigenvalue weighted by atomic mass is 35.5. The van der Waals surface area contributed by atoms with E-state index >= 15 is 0 Å². The SMILES string of the molecule is CN(CC(=O)NC1CCN(Cc2ccc(Cl)cc2)CC1)C1=NS(=O)(=O)c2ccccc21. The van der Waals surface area contributed by atoms with Crippen LogP contribution in [0.2, 0.25) is 5.02 Å². The number of benzene rings is 2. The van der Waals surface area contributed by atoms with E-state index in [0.29, 0.717) is 11.4 Å². The number of piperidine rings is 1. The van der Waals surface area contributed by atoms with Crippen LogP contribution in [-0.4, -0.2) is 62.7 Å². The molecule has 4 rings (SSSR count). The molecule has 0 aromatic heterocycles. The molecule has 0 spiro atoms. The molecule has 7 nitrogen and oxygen atoms in total. The van der Waals surface area contributed by atoms with Gasteiger partial charge in [-0.2, -0.15) is 8.42 Å². The van der Waals surface area contributed by atoms with Gasteiger partial charge >= 0.3 is 0 Å². The maximum Gasteiger partial charge on any atom is 0.285 e. The second-order valence-electron chi connectivity index (χ2n) is 7.99. The fourth-order valence-electron chi connectivity index (χ4n) is 4.01. The molecule has 2 heterocycles. The highest BCUT2D eigenvalue weighted by molar-refractivity contribution is 7.90. The number of fused-ring (bicyclic) bond motifs is 1. The molecular weight excluding hydrogens is 436 g/mol. The van der Waals surface area contributed by atoms with Gasteiger partial charge in [0.1, 0.15) is 4.90 Å². The lowest BCUT2D eigenvalue weighted by atomic mass is 10.0. The minimum Gasteiger partial charge on any atom is -0.352 e. The molecule has 0 radical (unpaired) electrons. The van der Waals surface area contributed by atoms with E-state index in [1.807, 2.05) is 24.3 Å². The zero-order chi connectivity index (χ0) is 22.0. The lowest BCUT2D eigenvalue weighted by Gasteiger charge is -2.32. The Labute approximate surface area is 187 Å². The third-order valence-corrected chi connectivity index (χ3v) is 7.20. The Balaban J connectivity index is 1.28. The van der Waals surface area contributed by atoms with Gasteiger partial charge in [0.05, 0.1) is 6.54 Å². The summed E-state index contributed by atoms with van der Waals surface area (Å²) < 4.78 is 28.3. The Hall–Kier alpha value is -2.42. The molecule has 2 aliphatic heterocycles. The van der Waals surface area contributed by atoms with Crippen molar-refractivity contribution in [2.24, 2.45) is 4.40 Å². The standard InChI is InChI=1S/C22H25ClN4O3S/c1-26(22-19-4-2-3-5-20(19)31(29,30)25-22)15-21(28)24-18-10-12-27(13-11-18)14-16-6-8-17(23)9-7-16/h2-9,18H,10-15H2,1H3,(H,24,28). The number of amides is 1. The molecule has 164 valence electrons. The van der Waals surface area contributed by atoms with E-state index < -0.39 is 10.0 Å². The topological polar surface area (TPSA) is 82.1 Å². The Morgan fingerprint density at radius 2 is 1.84 bits per heavy atom. The number of nitrogens with one attached hydrogen (secondary N) is 1. The average molecular weight is 461 g/mol. The van der Waals surface area contributed by atoms with Crippen molar-refractivity contribution in [3.8, 4) is 0 Å². The van der Waals surface area contributed by atoms with Crippen LogP contribution in [-0.2, 0) is 21.4 Å². The number of sulfonamides is 1. The Morgan fingerprint density at radius 3 is 2.55 bits per heavy atom. The summed E-state index contributed by atoms with van der Waals surface area (Å²) in [5.74, 6) is 0.173. The van der Waals surface area contributed by atoms with Crippen LogP contribution in [0.15, 0.2) is 57.8 Å². The Morgan fingerprint density at radius 1 is 1.16 bits per heavy atom. The summed E-state index contributed by atoms with van der Waals surface area (Å²) in [7, 11) is -2.01. The number of rotatable bonds is 5. The van der Waals surface area contributed by atoms with Gasteiger partial charge in [0.25, 0.3) is 10.0 Å². The molecule has 0 unspecified atom stereocenters. The van der Waals surface area contributed by atoms with Crippen LogP contribution in [0.5, 0.6) is 0 Å². The zero-order valence-electron chi connectivity index (χ0n) is 17.3. The van der Waals surface area contributed by atoms with E-state index in [1.165, 1.54) is 11.6 Å². The maximum absolute atomic E-state index is 12.6. The highest BCUT2D eigenvalue weighted by Crippen LogP contribution is 2.26. The van der Waals surface area contributed by atoms with Crippen molar-refractivity contribution in [2.45, 2.75) is 30.3 Å². The fraction of sp³-hybridized carbons (Fsp3) is 0.364. The summed E-state index contributed by atoms with van der Waals surface area (Å²) in [6.45, 7) is 2.73. The molecule has 1 amide bonds. The first kappa shape index (κ1) is 21.8. The predicted octanol–water partition coefficient (Wildman–Crippen LogP) is 2.50. The molecule has 0 saturated carbocycles. The lowest BCUT2D eigenvalue weighted by molar-refractivity contribution is -0.122. The van der Waals surface area contributed by atoms with Gasteiger partial charge in [-0.3, -0.25) is 9.69 Å². The number of likely N-dealkylation sites (N-methyl/N-ethyl adjacent to an activating group) is 1. The van der Waals surface area contributed by atoms with Gasteiger partial charge < -0.3 is 10.2 Å². The quantitative estimate of drug-likeness (QED) is 0.741. The van der Waals surface area contributed by atoms with Crippen LogP contribution < -0.4 is 5.32 Å². The number of amidine groups is 1. The van der Waals surface area contributed by atoms with E-state index in [9.17, 15) is 13.2 Å². The molecule has 1 saturated heterocycles. The van der Waals surface area contributed by atoms with Gasteiger partial charge in [-0.05, 0) is 42.7 Å². The summed E-state index contributed by atoms with van der Waals surface area (Å²) in [4.78, 5) is 16.7. The van der Waals surface area contributed by atoms with Crippen LogP contribution >= 0.6 is 11.6 Å². The van der Waals surface area contributed by atoms with Crippen molar-refractivity contribution in [2.75, 3.05) is 26.7 Å². The molecule has 2 aromatic rings. The first-order chi connectivity index (χ1) is 14.8. The monoisotopic (exact) mass is 460 g/mol. The van der Waals surface area contributed by atoms with Crippen LogP contribution in [0.1, 0.15) is 24.0 Å². The summed E-state index contributed by atoms with van der Waals surface area (Å²) in [6.07, 6.45) is 1.75. The molecular formula is C22H25ClN4O3S. The third-order valence-electron chi connectivity index (χ3n) is 5.63. The van der Waals surface area contributed by atoms with E-state index in [1.54, 1.807) is 30.1 Å². The van der Waals surface area contributed by atoms with E-state index in [0.717, 1.165) is 37.5 Å². The molecule has 9 heteroatoms. The van der Waals surface area contributed by atoms with Gasteiger partial charge in [0.15, 0.2) is 5.84 Å². The Kier molecular flexibility index (Phi) is 6.31. The second-order valence-corrected chi connectivity index (χ2v) is 10.00. The Bertz CT molecular complexity index is 1090. The molecule has 0 aliphatic carbocycles. The number of nitrogens with zero attached hydrogens (tertiary/aromatic N) is 3. The number of halogens is 1. The second kappa shape index (κ2) is 8.98. The van der Waals surface area contributed by atoms with Gasteiger partial charge in [0, 0.05) is 43.3 Å². The van der Waals surface area contributed by atoms with Crippen LogP contribution in [0, 0.1) is 0 Å². The van der Waals surface area contributed by atoms with E-state index in [2.05, 4.69) is 14.6 Å². The van der Waals surface area contributed by atoms with Crippen molar-refractivity contribution < 1.29 is 13.2 Å². The number of carbonyl (C=O) groups excluding carboxylic acids is 1. The lowest BCUT2D eigenvalue weighted by Crippen LogP contribution is -2.47. The smallest absolute Gasteiger partial charge is 0.285 e. The number of hydrogen-bond donors (Lipinski definition) is 1. The van der Waals surface area contributed by atoms with Gasteiger partial charge in [0.2, 0.25) is 5.91 Å². The molecule has 2 aromatic carbocycles. The van der Waals surface area contributed by atoms with Crippen LogP contribution in [0.4, 0.5) is 0 Å². The molecule has 0 atom stereocenters. The van der Waals surface area contributed by atoms with Gasteiger partial charge in [-0.15, -0.1) is 4.40 Å². The first-order valence-corrected chi connectivity index (χ1v) is 12.1. The van der Waals surface area contributed by atoms with Crippen molar-refractivity contribution in [1.29, 1.82) is 0 Å². The first-order valence-electron chi connectivity index (χ1n) is 10.2. The van der Waals surface area contributed by atoms with Crippen LogP contribution in [0.3, 0.4) is 0 Å². The number of carbonyl (C=O) groups is 1. The van der Waals surface area contributed by atoms with Gasteiger partial charge in [-0.25, -0.2) is 0 Å². The highest BCUT2D eigenvalue weighted by Gasteiger charge is 2.31. The average Bonchev–Trinajstić information content (AvgIpc) is 3.02. The van der Waals surface area contributed by atoms with Crippen molar-refractivity contribution in [3.05, 3.63) is 64.7 Å². The minimum atomic E-state index is -3.70. The van der Waals surface area contributed by atoms with Crippen molar-refractivity contribution in [3.63, 3.8) is 0 Å². The summed E-state index contributed by atoms with van der Waals surface area (Å²) in [6, 6.07) is 14.7. The number of likely N-dealkylation sites (tertiary alicyclic amines) is 1. The van der Waals surface area contributed by atoms with Crippen LogP contribution in [0.25, 0.3) is 0 Å². The van der Waals surface area contributed by atoms with Crippen molar-refractivity contribution in [1.82, 2.24) is 15.1 Å². The van der Waals surface area contributed by atoms with E-state index in [4.69, 9.17) is 11.6 Å². The largest absolute Gasteiger partial charge is 0.352 e.